The van der Waals surface area contributed by atoms with Crippen molar-refractivity contribution < 1.29 is 23.8 Å². The highest BCUT2D eigenvalue weighted by molar-refractivity contribution is 5.97. The van der Waals surface area contributed by atoms with E-state index in [0.717, 1.165) is 5.75 Å². The van der Waals surface area contributed by atoms with Gasteiger partial charge in [0.15, 0.2) is 23.9 Å². The number of amides is 1. The van der Waals surface area contributed by atoms with E-state index in [4.69, 9.17) is 14.2 Å². The van der Waals surface area contributed by atoms with Gasteiger partial charge in [0, 0.05) is 31.7 Å². The van der Waals surface area contributed by atoms with Gasteiger partial charge in [0.25, 0.3) is 5.91 Å². The Balaban J connectivity index is 1.44. The summed E-state index contributed by atoms with van der Waals surface area (Å²) in [4.78, 5) is 28.7. The van der Waals surface area contributed by atoms with Crippen LogP contribution in [-0.2, 0) is 4.79 Å². The summed E-state index contributed by atoms with van der Waals surface area (Å²) in [6, 6.07) is 14.4. The van der Waals surface area contributed by atoms with Gasteiger partial charge in [-0.1, -0.05) is 12.1 Å². The second-order valence-electron chi connectivity index (χ2n) is 6.75. The van der Waals surface area contributed by atoms with Crippen LogP contribution in [0.25, 0.3) is 0 Å². The first kappa shape index (κ1) is 20.7. The normalized spacial score (nSPS) is 14.3. The van der Waals surface area contributed by atoms with Crippen LogP contribution in [-0.4, -0.2) is 75.0 Å². The van der Waals surface area contributed by atoms with Gasteiger partial charge in [-0.3, -0.25) is 14.5 Å². The standard InChI is InChI=1S/C22H26N2O5/c1-27-18-9-7-17(8-10-18)19(25)15-23-11-13-24(14-12-23)22(26)16-29-21-6-4-3-5-20(21)28-2/h3-10H,11-16H2,1-2H3. The molecule has 3 rings (SSSR count). The SMILES string of the molecule is COc1ccc(C(=O)CN2CCN(C(=O)COc3ccccc3OC)CC2)cc1. The van der Waals surface area contributed by atoms with Crippen molar-refractivity contribution in [3.05, 3.63) is 54.1 Å². The van der Waals surface area contributed by atoms with Crippen molar-refractivity contribution in [2.24, 2.45) is 0 Å². The van der Waals surface area contributed by atoms with Gasteiger partial charge < -0.3 is 19.1 Å². The zero-order valence-electron chi connectivity index (χ0n) is 16.8. The van der Waals surface area contributed by atoms with Gasteiger partial charge in [-0.25, -0.2) is 0 Å². The van der Waals surface area contributed by atoms with E-state index < -0.39 is 0 Å². The van der Waals surface area contributed by atoms with Crippen LogP contribution in [0.4, 0.5) is 0 Å². The molecule has 154 valence electrons. The molecular formula is C22H26N2O5. The van der Waals surface area contributed by atoms with E-state index in [-0.39, 0.29) is 18.3 Å². The molecule has 1 saturated heterocycles. The summed E-state index contributed by atoms with van der Waals surface area (Å²) in [6.07, 6.45) is 0. The van der Waals surface area contributed by atoms with Gasteiger partial charge in [-0.2, -0.15) is 0 Å². The molecule has 0 spiro atoms. The highest BCUT2D eigenvalue weighted by Gasteiger charge is 2.23. The number of methoxy groups -OCH3 is 2. The van der Waals surface area contributed by atoms with Crippen LogP contribution in [0.5, 0.6) is 17.2 Å². The maximum atomic E-state index is 12.5. The average Bonchev–Trinajstić information content (AvgIpc) is 2.78. The Morgan fingerprint density at radius 1 is 0.862 bits per heavy atom. The summed E-state index contributed by atoms with van der Waals surface area (Å²) in [5.74, 6) is 1.86. The molecule has 1 amide bonds. The lowest BCUT2D eigenvalue weighted by atomic mass is 10.1. The van der Waals surface area contributed by atoms with E-state index in [2.05, 4.69) is 4.90 Å². The van der Waals surface area contributed by atoms with Gasteiger partial charge in [0.2, 0.25) is 0 Å². The summed E-state index contributed by atoms with van der Waals surface area (Å²) >= 11 is 0. The molecule has 2 aromatic rings. The molecule has 0 saturated carbocycles. The molecule has 0 bridgehead atoms. The van der Waals surface area contributed by atoms with Gasteiger partial charge in [-0.05, 0) is 36.4 Å². The van der Waals surface area contributed by atoms with Gasteiger partial charge in [0.05, 0.1) is 20.8 Å². The fourth-order valence-electron chi connectivity index (χ4n) is 3.20. The van der Waals surface area contributed by atoms with Gasteiger partial charge in [0.1, 0.15) is 5.75 Å². The largest absolute Gasteiger partial charge is 0.497 e. The van der Waals surface area contributed by atoms with Crippen molar-refractivity contribution in [2.45, 2.75) is 0 Å². The zero-order valence-corrected chi connectivity index (χ0v) is 16.8. The molecule has 1 heterocycles. The van der Waals surface area contributed by atoms with Crippen molar-refractivity contribution in [3.63, 3.8) is 0 Å². The third-order valence-electron chi connectivity index (χ3n) is 4.92. The molecule has 0 radical (unpaired) electrons. The monoisotopic (exact) mass is 398 g/mol. The Hall–Kier alpha value is -3.06. The maximum Gasteiger partial charge on any atom is 0.260 e. The van der Waals surface area contributed by atoms with Gasteiger partial charge >= 0.3 is 0 Å². The molecule has 0 aromatic heterocycles. The van der Waals surface area contributed by atoms with E-state index in [1.54, 1.807) is 55.5 Å². The lowest BCUT2D eigenvalue weighted by Crippen LogP contribution is -2.51. The van der Waals surface area contributed by atoms with Crippen LogP contribution in [0, 0.1) is 0 Å². The number of ether oxygens (including phenoxy) is 3. The number of hydrogen-bond acceptors (Lipinski definition) is 6. The predicted octanol–water partition coefficient (Wildman–Crippen LogP) is 2.11. The van der Waals surface area contributed by atoms with Crippen LogP contribution < -0.4 is 14.2 Å². The smallest absolute Gasteiger partial charge is 0.260 e. The summed E-state index contributed by atoms with van der Waals surface area (Å²) in [7, 11) is 3.16. The number of ketones is 1. The van der Waals surface area contributed by atoms with Crippen molar-refractivity contribution >= 4 is 11.7 Å². The van der Waals surface area contributed by atoms with Gasteiger partial charge in [-0.15, -0.1) is 0 Å². The Bertz CT molecular complexity index is 829. The number of para-hydroxylation sites is 2. The molecule has 0 atom stereocenters. The number of benzene rings is 2. The Kier molecular flexibility index (Phi) is 7.08. The van der Waals surface area contributed by atoms with E-state index in [0.29, 0.717) is 49.8 Å². The second kappa shape index (κ2) is 9.93. The second-order valence-corrected chi connectivity index (χ2v) is 6.75. The minimum absolute atomic E-state index is 0.0366. The number of nitrogens with zero attached hydrogens (tertiary/aromatic N) is 2. The van der Waals surface area contributed by atoms with Crippen LogP contribution in [0.2, 0.25) is 0 Å². The minimum atomic E-state index is -0.0722. The summed E-state index contributed by atoms with van der Waals surface area (Å²) in [6.45, 7) is 2.76. The quantitative estimate of drug-likeness (QED) is 0.635. The molecular weight excluding hydrogens is 372 g/mol. The molecule has 7 nitrogen and oxygen atoms in total. The highest BCUT2D eigenvalue weighted by Crippen LogP contribution is 2.25. The number of piperazine rings is 1. The number of rotatable bonds is 8. The zero-order chi connectivity index (χ0) is 20.6. The third-order valence-corrected chi connectivity index (χ3v) is 4.92. The lowest BCUT2D eigenvalue weighted by molar-refractivity contribution is -0.135. The third kappa shape index (κ3) is 5.48. The summed E-state index contributed by atoms with van der Waals surface area (Å²) < 4.78 is 16.0. The molecule has 0 aliphatic carbocycles. The fraction of sp³-hybridized carbons (Fsp3) is 0.364. The highest BCUT2D eigenvalue weighted by atomic mass is 16.5. The topological polar surface area (TPSA) is 68.3 Å². The van der Waals surface area contributed by atoms with Crippen LogP contribution >= 0.6 is 0 Å². The van der Waals surface area contributed by atoms with E-state index in [9.17, 15) is 9.59 Å². The lowest BCUT2D eigenvalue weighted by Gasteiger charge is -2.34. The fourth-order valence-corrected chi connectivity index (χ4v) is 3.20. The maximum absolute atomic E-state index is 12.5. The van der Waals surface area contributed by atoms with Crippen molar-refractivity contribution in [1.29, 1.82) is 0 Å². The summed E-state index contributed by atoms with van der Waals surface area (Å²) in [5, 5.41) is 0. The van der Waals surface area contributed by atoms with Crippen LogP contribution in [0.3, 0.4) is 0 Å². The molecule has 0 N–H and O–H groups in total. The number of Topliss-reactive ketones (excluding diaryl/α,β-unsaturated/α-hetero) is 1. The Morgan fingerprint density at radius 3 is 2.14 bits per heavy atom. The average molecular weight is 398 g/mol. The number of hydrogen-bond donors (Lipinski definition) is 0. The van der Waals surface area contributed by atoms with E-state index in [1.165, 1.54) is 0 Å². The van der Waals surface area contributed by atoms with Crippen LogP contribution in [0.1, 0.15) is 10.4 Å². The molecule has 1 aliphatic heterocycles. The number of carbonyl (C=O) groups excluding carboxylic acids is 2. The Morgan fingerprint density at radius 2 is 1.52 bits per heavy atom. The molecule has 2 aromatic carbocycles. The predicted molar refractivity (Wildman–Crippen MR) is 109 cm³/mol. The molecule has 1 fully saturated rings. The molecule has 7 heteroatoms. The first-order valence-corrected chi connectivity index (χ1v) is 9.54. The number of carbonyl (C=O) groups is 2. The summed E-state index contributed by atoms with van der Waals surface area (Å²) in [5.41, 5.74) is 0.662. The first-order chi connectivity index (χ1) is 14.1. The Labute approximate surface area is 170 Å². The van der Waals surface area contributed by atoms with E-state index >= 15 is 0 Å². The minimum Gasteiger partial charge on any atom is -0.497 e. The van der Waals surface area contributed by atoms with Crippen LogP contribution in [0.15, 0.2) is 48.5 Å². The van der Waals surface area contributed by atoms with E-state index in [1.807, 2.05) is 12.1 Å². The molecule has 0 unspecified atom stereocenters. The van der Waals surface area contributed by atoms with Crippen molar-refractivity contribution in [3.8, 4) is 17.2 Å². The molecule has 29 heavy (non-hydrogen) atoms. The van der Waals surface area contributed by atoms with Crippen molar-refractivity contribution in [2.75, 3.05) is 53.6 Å². The first-order valence-electron chi connectivity index (χ1n) is 9.54. The van der Waals surface area contributed by atoms with Crippen molar-refractivity contribution in [1.82, 2.24) is 9.80 Å². The molecule has 1 aliphatic rings.